The second-order valence-corrected chi connectivity index (χ2v) is 18.6. The van der Waals surface area contributed by atoms with Crippen molar-refractivity contribution in [2.45, 2.75) is 124 Å². The first-order valence-electron chi connectivity index (χ1n) is 22.4. The highest BCUT2D eigenvalue weighted by atomic mass is 32.2. The number of hydrogen-bond donors (Lipinski definition) is 5. The number of amides is 5. The molecule has 2 aromatic rings. The number of aromatic nitrogens is 1. The highest BCUT2D eigenvalue weighted by Gasteiger charge is 2.39. The number of phenols is 1. The molecule has 368 valence electrons. The van der Waals surface area contributed by atoms with Crippen LogP contribution in [0.5, 0.6) is 5.75 Å². The van der Waals surface area contributed by atoms with Gasteiger partial charge in [-0.25, -0.2) is 20.0 Å². The van der Waals surface area contributed by atoms with Gasteiger partial charge in [-0.15, -0.1) is 11.3 Å². The van der Waals surface area contributed by atoms with Crippen LogP contribution >= 0.6 is 23.1 Å². The number of carbonyl (C=O) groups is 7. The third-order valence-corrected chi connectivity index (χ3v) is 12.8. The number of likely N-dealkylation sites (N-methyl/N-ethyl adjacent to an activating group) is 1. The molecule has 3 rings (SSSR count). The number of aromatic hydroxyl groups is 1. The summed E-state index contributed by atoms with van der Waals surface area (Å²) >= 11 is 2.57. The van der Waals surface area contributed by atoms with E-state index in [1.165, 1.54) is 41.1 Å². The third-order valence-electron chi connectivity index (χ3n) is 11.3. The predicted octanol–water partition coefficient (Wildman–Crippen LogP) is 5.33. The Hall–Kier alpha value is -5.15. The molecule has 1 fully saturated rings. The van der Waals surface area contributed by atoms with Crippen LogP contribution in [0.2, 0.25) is 0 Å². The second kappa shape index (κ2) is 28.1. The fourth-order valence-electron chi connectivity index (χ4n) is 7.43. The Balaban J connectivity index is 1.92. The molecule has 1 aromatic heterocycles. The molecule has 1 unspecified atom stereocenters. The minimum atomic E-state index is -1.07. The number of esters is 1. The average Bonchev–Trinajstić information content (AvgIpc) is 3.78. The Labute approximate surface area is 396 Å². The zero-order valence-corrected chi connectivity index (χ0v) is 41.2. The quantitative estimate of drug-likeness (QED) is 0.0294. The molecule has 5 N–H and O–H groups in total. The van der Waals surface area contributed by atoms with Gasteiger partial charge in [-0.05, 0) is 82.0 Å². The Morgan fingerprint density at radius 3 is 2.30 bits per heavy atom. The van der Waals surface area contributed by atoms with E-state index in [-0.39, 0.29) is 66.7 Å². The van der Waals surface area contributed by atoms with Crippen LogP contribution in [0.25, 0.3) is 0 Å². The molecule has 1 aliphatic rings. The van der Waals surface area contributed by atoms with Crippen molar-refractivity contribution < 1.29 is 57.6 Å². The van der Waals surface area contributed by atoms with E-state index in [4.69, 9.17) is 18.9 Å². The van der Waals surface area contributed by atoms with E-state index in [0.29, 0.717) is 18.6 Å². The summed E-state index contributed by atoms with van der Waals surface area (Å²) in [7, 11) is 1.88. The third kappa shape index (κ3) is 17.9. The maximum Gasteiger partial charge on any atom is 0.509 e. The molecule has 5 amide bonds. The molecular formula is C45H69N7O12S2. The standard InChI is InChI=1S/C45H69N7O12S2/c1-10-28(5)38(48-41(57)35-14-12-13-19-51(35)8)43(58)52(26-63-45(60)61-11-2)36(27(3)4)24-37(64-30(7)53)42-47-34(25-66-42)40(56)46-32(23-31-15-17-33(54)18-16-31)22-29(6)39(55)49-50-44(59)62-20-21-65-9/h15-18,25,27-29,32,35-38,54H,10-14,19-24,26H2,1-9H3,(H,46,56)(H,48,57)(H,49,55)(H,50,59)/t28?,29-,32+,35+,36+,37+,38-/m0/s1. The van der Waals surface area contributed by atoms with Crippen molar-refractivity contribution in [1.29, 1.82) is 0 Å². The van der Waals surface area contributed by atoms with Gasteiger partial charge in [0.15, 0.2) is 12.8 Å². The molecule has 1 aromatic carbocycles. The molecule has 66 heavy (non-hydrogen) atoms. The van der Waals surface area contributed by atoms with Gasteiger partial charge in [0, 0.05) is 42.5 Å². The summed E-state index contributed by atoms with van der Waals surface area (Å²) in [6.07, 6.45) is 2.43. The summed E-state index contributed by atoms with van der Waals surface area (Å²) in [4.78, 5) is 101. The summed E-state index contributed by atoms with van der Waals surface area (Å²) in [5.41, 5.74) is 5.35. The monoisotopic (exact) mass is 963 g/mol. The topological polar surface area (TPSA) is 244 Å². The van der Waals surface area contributed by atoms with E-state index < -0.39 is 78.9 Å². The fraction of sp³-hybridized carbons (Fsp3) is 0.644. The van der Waals surface area contributed by atoms with Gasteiger partial charge in [-0.2, -0.15) is 11.8 Å². The summed E-state index contributed by atoms with van der Waals surface area (Å²) in [5.74, 6) is -3.20. The number of hydrazine groups is 1. The number of carbonyl (C=O) groups excluding carboxylic acids is 7. The smallest absolute Gasteiger partial charge is 0.508 e. The zero-order chi connectivity index (χ0) is 48.9. The highest BCUT2D eigenvalue weighted by Crippen LogP contribution is 2.32. The summed E-state index contributed by atoms with van der Waals surface area (Å²) in [5, 5.41) is 17.6. The van der Waals surface area contributed by atoms with Crippen LogP contribution in [0.4, 0.5) is 9.59 Å². The lowest BCUT2D eigenvalue weighted by atomic mass is 9.92. The SMILES string of the molecule is CCOC(=O)OCN(C(=O)[C@@H](NC(=O)[C@H]1CCCCN1C)C(C)CC)[C@H](C[C@@H](OC(C)=O)c1nc(C(=O)N[C@@H](Cc2ccc(O)cc2)C[C@H](C)C(=O)NNC(=O)OCCSC)cs1)C(C)C. The van der Waals surface area contributed by atoms with E-state index >= 15 is 0 Å². The fourth-order valence-corrected chi connectivity index (χ4v) is 8.52. The molecule has 0 spiro atoms. The number of ether oxygens (including phenoxy) is 4. The second-order valence-electron chi connectivity index (χ2n) is 16.8. The predicted molar refractivity (Wildman–Crippen MR) is 249 cm³/mol. The molecular weight excluding hydrogens is 895 g/mol. The van der Waals surface area contributed by atoms with E-state index in [0.717, 1.165) is 36.3 Å². The summed E-state index contributed by atoms with van der Waals surface area (Å²) in [6, 6.07) is 3.63. The van der Waals surface area contributed by atoms with Gasteiger partial charge < -0.3 is 39.6 Å². The van der Waals surface area contributed by atoms with Crippen molar-refractivity contribution in [2.75, 3.05) is 45.5 Å². The molecule has 1 aliphatic heterocycles. The number of likely N-dealkylation sites (tertiary alicyclic amines) is 1. The number of thiazole rings is 1. The molecule has 0 saturated carbocycles. The number of nitrogens with one attached hydrogen (secondary N) is 4. The lowest BCUT2D eigenvalue weighted by Gasteiger charge is -2.39. The summed E-state index contributed by atoms with van der Waals surface area (Å²) in [6.45, 7) is 12.4. The number of piperidine rings is 1. The Bertz CT molecular complexity index is 1900. The van der Waals surface area contributed by atoms with Crippen LogP contribution in [0.15, 0.2) is 29.6 Å². The maximum absolute atomic E-state index is 14.8. The number of rotatable bonds is 24. The number of nitrogens with zero attached hydrogens (tertiary/aromatic N) is 3. The van der Waals surface area contributed by atoms with Crippen molar-refractivity contribution in [3.05, 3.63) is 45.9 Å². The van der Waals surface area contributed by atoms with Crippen molar-refractivity contribution in [2.24, 2.45) is 17.8 Å². The molecule has 1 saturated heterocycles. The zero-order valence-electron chi connectivity index (χ0n) is 39.6. The Morgan fingerprint density at radius 1 is 0.970 bits per heavy atom. The van der Waals surface area contributed by atoms with Gasteiger partial charge >= 0.3 is 18.2 Å². The number of phenolic OH excluding ortho intramolecular Hbond substituents is 1. The molecule has 2 heterocycles. The van der Waals surface area contributed by atoms with Gasteiger partial charge in [0.25, 0.3) is 5.91 Å². The van der Waals surface area contributed by atoms with Crippen LogP contribution in [0, 0.1) is 17.8 Å². The number of hydrogen-bond acceptors (Lipinski definition) is 16. The Kier molecular flexibility index (Phi) is 23.5. The van der Waals surface area contributed by atoms with E-state index in [9.17, 15) is 38.7 Å². The van der Waals surface area contributed by atoms with Gasteiger partial charge in [0.2, 0.25) is 17.7 Å². The first-order valence-corrected chi connectivity index (χ1v) is 24.7. The van der Waals surface area contributed by atoms with Gasteiger partial charge in [0.05, 0.1) is 12.6 Å². The number of thioether (sulfide) groups is 1. The van der Waals surface area contributed by atoms with Gasteiger partial charge in [0.1, 0.15) is 29.1 Å². The Morgan fingerprint density at radius 2 is 1.68 bits per heavy atom. The lowest BCUT2D eigenvalue weighted by Crippen LogP contribution is -2.59. The van der Waals surface area contributed by atoms with Crippen molar-refractivity contribution in [3.8, 4) is 5.75 Å². The molecule has 7 atom stereocenters. The minimum absolute atomic E-state index is 0.00141. The highest BCUT2D eigenvalue weighted by molar-refractivity contribution is 7.98. The first kappa shape index (κ1) is 55.2. The van der Waals surface area contributed by atoms with Crippen LogP contribution in [0.3, 0.4) is 0 Å². The molecule has 21 heteroatoms. The minimum Gasteiger partial charge on any atom is -0.508 e. The molecule has 0 aliphatic carbocycles. The molecule has 0 bridgehead atoms. The van der Waals surface area contributed by atoms with Crippen molar-refractivity contribution >= 4 is 64.9 Å². The van der Waals surface area contributed by atoms with E-state index in [1.54, 1.807) is 26.0 Å². The largest absolute Gasteiger partial charge is 0.509 e. The van der Waals surface area contributed by atoms with Gasteiger partial charge in [-0.3, -0.25) is 34.3 Å². The maximum atomic E-state index is 14.8. The van der Waals surface area contributed by atoms with Crippen molar-refractivity contribution in [1.82, 2.24) is 36.3 Å². The van der Waals surface area contributed by atoms with Gasteiger partial charge in [-0.1, -0.05) is 59.6 Å². The summed E-state index contributed by atoms with van der Waals surface area (Å²) < 4.78 is 21.3. The number of benzene rings is 1. The lowest BCUT2D eigenvalue weighted by molar-refractivity contribution is -0.152. The van der Waals surface area contributed by atoms with Crippen LogP contribution in [-0.4, -0.2) is 131 Å². The van der Waals surface area contributed by atoms with Crippen LogP contribution < -0.4 is 21.5 Å². The first-order chi connectivity index (χ1) is 31.4. The van der Waals surface area contributed by atoms with E-state index in [1.807, 2.05) is 45.9 Å². The average molecular weight is 964 g/mol. The van der Waals surface area contributed by atoms with Crippen molar-refractivity contribution in [3.63, 3.8) is 0 Å². The van der Waals surface area contributed by atoms with Crippen LogP contribution in [0.1, 0.15) is 114 Å². The van der Waals surface area contributed by atoms with E-state index in [2.05, 4.69) is 26.5 Å². The normalized spacial score (nSPS) is 16.6. The van der Waals surface area contributed by atoms with Crippen LogP contribution in [-0.2, 0) is 44.5 Å². The molecule has 19 nitrogen and oxygen atoms in total. The molecule has 0 radical (unpaired) electrons.